The normalized spacial score (nSPS) is 13.0. The lowest BCUT2D eigenvalue weighted by Gasteiger charge is -2.27. The second-order valence-electron chi connectivity index (χ2n) is 6.61. The van der Waals surface area contributed by atoms with Crippen LogP contribution in [0, 0.1) is 0 Å². The highest BCUT2D eigenvalue weighted by molar-refractivity contribution is 4.48. The third-order valence-electron chi connectivity index (χ3n) is 3.88. The van der Waals surface area contributed by atoms with E-state index in [1.165, 1.54) is 57.8 Å². The van der Waals surface area contributed by atoms with Crippen LogP contribution < -0.4 is 12.4 Å². The zero-order valence-corrected chi connectivity index (χ0v) is 15.7. The van der Waals surface area contributed by atoms with E-state index in [-0.39, 0.29) is 25.6 Å². The first-order valence-corrected chi connectivity index (χ1v) is 8.78. The van der Waals surface area contributed by atoms with Gasteiger partial charge in [0.25, 0.3) is 0 Å². The first-order valence-electron chi connectivity index (χ1n) is 8.78. The van der Waals surface area contributed by atoms with Crippen molar-refractivity contribution in [3.63, 3.8) is 0 Å². The Kier molecular flexibility index (Phi) is 17.7. The van der Waals surface area contributed by atoms with Gasteiger partial charge in [0.05, 0.1) is 20.7 Å². The number of unbranched alkanes of at least 4 members (excludes halogenated alkanes) is 9. The molecule has 22 heavy (non-hydrogen) atoms. The molecule has 1 unspecified atom stereocenters. The highest BCUT2D eigenvalue weighted by Gasteiger charge is 2.18. The first-order chi connectivity index (χ1) is 10.0. The van der Waals surface area contributed by atoms with Crippen LogP contribution in [-0.2, 0) is 4.84 Å². The van der Waals surface area contributed by atoms with Crippen LogP contribution in [0.2, 0.25) is 0 Å². The average molecular weight is 340 g/mol. The van der Waals surface area contributed by atoms with Gasteiger partial charge in [0.15, 0.2) is 0 Å². The Hall–Kier alpha value is 0.130. The molecule has 0 radical (unpaired) electrons. The van der Waals surface area contributed by atoms with Crippen LogP contribution in [0.4, 0.5) is 0 Å². The van der Waals surface area contributed by atoms with E-state index >= 15 is 0 Å². The summed E-state index contributed by atoms with van der Waals surface area (Å²) in [5.41, 5.74) is 0. The molecule has 136 valence electrons. The van der Waals surface area contributed by atoms with Gasteiger partial charge in [-0.25, -0.2) is 4.84 Å². The van der Waals surface area contributed by atoms with Crippen LogP contribution in [0.15, 0.2) is 0 Å². The topological polar surface area (TPSA) is 49.7 Å². The quantitative estimate of drug-likeness (QED) is 0.256. The van der Waals surface area contributed by atoms with Crippen molar-refractivity contribution in [2.75, 3.05) is 33.9 Å². The summed E-state index contributed by atoms with van der Waals surface area (Å²) in [6.45, 7) is 3.17. The Morgan fingerprint density at radius 2 is 1.32 bits per heavy atom. The van der Waals surface area contributed by atoms with Gasteiger partial charge in [-0.2, -0.15) is 4.65 Å². The monoisotopic (exact) mass is 339 g/mol. The number of hydrogen-bond acceptors (Lipinski definition) is 3. The van der Waals surface area contributed by atoms with Crippen LogP contribution in [0.5, 0.6) is 0 Å². The standard InChI is InChI=1S/C17H38NO3.ClH/c1-4-5-6-7-8-9-10-11-12-13-14-18(2,3)21-16-17(20)15-19;/h17,19-20H,4-16H2,1-3H3;1H/q+1;/p-1. The maximum Gasteiger partial charge on any atom is 0.134 e. The molecule has 0 aliphatic carbocycles. The fourth-order valence-electron chi connectivity index (χ4n) is 2.39. The van der Waals surface area contributed by atoms with Crippen LogP contribution in [0.3, 0.4) is 0 Å². The number of halogens is 1. The highest BCUT2D eigenvalue weighted by Crippen LogP contribution is 2.12. The van der Waals surface area contributed by atoms with Crippen molar-refractivity contribution in [1.82, 2.24) is 0 Å². The molecule has 5 heteroatoms. The zero-order chi connectivity index (χ0) is 16.0. The number of hydroxylamine groups is 3. The molecule has 0 saturated carbocycles. The summed E-state index contributed by atoms with van der Waals surface area (Å²) in [5.74, 6) is 0. The molecule has 0 aromatic carbocycles. The summed E-state index contributed by atoms with van der Waals surface area (Å²) in [6, 6.07) is 0. The van der Waals surface area contributed by atoms with Gasteiger partial charge in [-0.15, -0.1) is 0 Å². The summed E-state index contributed by atoms with van der Waals surface area (Å²) in [7, 11) is 4.00. The van der Waals surface area contributed by atoms with Gasteiger partial charge in [-0.3, -0.25) is 0 Å². The van der Waals surface area contributed by atoms with E-state index in [9.17, 15) is 5.11 Å². The van der Waals surface area contributed by atoms with Crippen LogP contribution >= 0.6 is 0 Å². The van der Waals surface area contributed by atoms with E-state index in [2.05, 4.69) is 6.92 Å². The molecule has 0 saturated heterocycles. The molecule has 0 aromatic rings. The van der Waals surface area contributed by atoms with Crippen molar-refractivity contribution in [3.05, 3.63) is 0 Å². The van der Waals surface area contributed by atoms with Crippen molar-refractivity contribution in [1.29, 1.82) is 0 Å². The van der Waals surface area contributed by atoms with Crippen LogP contribution in [-0.4, -0.2) is 54.8 Å². The summed E-state index contributed by atoms with van der Waals surface area (Å²) in [5, 5.41) is 18.0. The minimum Gasteiger partial charge on any atom is -1.00 e. The van der Waals surface area contributed by atoms with Crippen LogP contribution in [0.25, 0.3) is 0 Å². The SMILES string of the molecule is CCCCCCCCCCCC[N+](C)(C)OCC(O)CO.[Cl-]. The molecule has 0 rings (SSSR count). The van der Waals surface area contributed by atoms with Gasteiger partial charge in [-0.1, -0.05) is 58.3 Å². The Morgan fingerprint density at radius 1 is 0.864 bits per heavy atom. The number of quaternary nitrogens is 1. The van der Waals surface area contributed by atoms with Gasteiger partial charge in [0.2, 0.25) is 0 Å². The van der Waals surface area contributed by atoms with Gasteiger partial charge < -0.3 is 22.6 Å². The van der Waals surface area contributed by atoms with E-state index in [4.69, 9.17) is 9.94 Å². The second kappa shape index (κ2) is 16.0. The third-order valence-corrected chi connectivity index (χ3v) is 3.88. The number of nitrogens with zero attached hydrogens (tertiary/aromatic N) is 1. The van der Waals surface area contributed by atoms with E-state index in [1.807, 2.05) is 14.1 Å². The van der Waals surface area contributed by atoms with E-state index in [0.29, 0.717) is 4.65 Å². The molecular formula is C17H38ClNO3. The lowest BCUT2D eigenvalue weighted by atomic mass is 10.1. The molecule has 0 heterocycles. The highest BCUT2D eigenvalue weighted by atomic mass is 35.5. The molecule has 0 aromatic heterocycles. The average Bonchev–Trinajstić information content (AvgIpc) is 2.46. The Labute approximate surface area is 143 Å². The molecule has 2 N–H and O–H groups in total. The Balaban J connectivity index is 0. The van der Waals surface area contributed by atoms with E-state index in [0.717, 1.165) is 13.0 Å². The molecule has 0 aliphatic heterocycles. The van der Waals surface area contributed by atoms with Gasteiger partial charge in [0, 0.05) is 0 Å². The molecule has 4 nitrogen and oxygen atoms in total. The number of rotatable bonds is 15. The van der Waals surface area contributed by atoms with Gasteiger partial charge in [0.1, 0.15) is 19.3 Å². The molecule has 1 atom stereocenters. The Bertz CT molecular complexity index is 228. The van der Waals surface area contributed by atoms with Crippen molar-refractivity contribution in [2.24, 2.45) is 0 Å². The van der Waals surface area contributed by atoms with Gasteiger partial charge in [-0.05, 0) is 12.8 Å². The fourth-order valence-corrected chi connectivity index (χ4v) is 2.39. The Morgan fingerprint density at radius 3 is 1.77 bits per heavy atom. The van der Waals surface area contributed by atoms with Crippen molar-refractivity contribution < 1.29 is 32.1 Å². The van der Waals surface area contributed by atoms with E-state index < -0.39 is 6.10 Å². The minimum atomic E-state index is -0.768. The molecule has 0 bridgehead atoms. The van der Waals surface area contributed by atoms with Crippen LogP contribution in [0.1, 0.15) is 71.1 Å². The number of hydrogen-bond donors (Lipinski definition) is 2. The van der Waals surface area contributed by atoms with E-state index in [1.54, 1.807) is 0 Å². The summed E-state index contributed by atoms with van der Waals surface area (Å²) >= 11 is 0. The summed E-state index contributed by atoms with van der Waals surface area (Å²) < 4.78 is 0.452. The molecule has 0 fully saturated rings. The first kappa shape index (κ1) is 24.4. The van der Waals surface area contributed by atoms with Gasteiger partial charge >= 0.3 is 0 Å². The number of aliphatic hydroxyl groups is 2. The third kappa shape index (κ3) is 16.5. The molecular weight excluding hydrogens is 302 g/mol. The lowest BCUT2D eigenvalue weighted by Crippen LogP contribution is -3.00. The zero-order valence-electron chi connectivity index (χ0n) is 14.9. The molecule has 0 aliphatic rings. The van der Waals surface area contributed by atoms with Crippen molar-refractivity contribution >= 4 is 0 Å². The minimum absolute atomic E-state index is 0. The second-order valence-corrected chi connectivity index (χ2v) is 6.61. The summed E-state index contributed by atoms with van der Waals surface area (Å²) in [6.07, 6.45) is 12.6. The largest absolute Gasteiger partial charge is 1.00 e. The maximum absolute atomic E-state index is 9.28. The molecule has 0 amide bonds. The summed E-state index contributed by atoms with van der Waals surface area (Å²) in [4.78, 5) is 5.59. The van der Waals surface area contributed by atoms with Crippen molar-refractivity contribution in [2.45, 2.75) is 77.2 Å². The predicted octanol–water partition coefficient (Wildman–Crippen LogP) is 0.273. The lowest BCUT2D eigenvalue weighted by molar-refractivity contribution is -1.08. The predicted molar refractivity (Wildman–Crippen MR) is 87.9 cm³/mol. The number of aliphatic hydroxyl groups excluding tert-OH is 2. The van der Waals surface area contributed by atoms with Crippen molar-refractivity contribution in [3.8, 4) is 0 Å². The fraction of sp³-hybridized carbons (Fsp3) is 1.00. The smallest absolute Gasteiger partial charge is 0.134 e. The molecule has 0 spiro atoms. The maximum atomic E-state index is 9.28.